The molecule has 0 amide bonds. The third-order valence-corrected chi connectivity index (χ3v) is 6.03. The van der Waals surface area contributed by atoms with Gasteiger partial charge in [0.05, 0.1) is 12.0 Å². The third kappa shape index (κ3) is 3.39. The Morgan fingerprint density at radius 1 is 1.43 bits per heavy atom. The second kappa shape index (κ2) is 6.34. The van der Waals surface area contributed by atoms with E-state index in [1.807, 2.05) is 13.8 Å². The number of benzene rings is 1. The standard InChI is InChI=1S/C15H24N2O3S/c1-11-9-14(6-7-15(11)20-3)21(18,19)17-8-4-5-13(10-17)12(2)16/h6-7,9,12-13H,4-5,8,10,16H2,1-3H3. The molecule has 6 heteroatoms. The van der Waals surface area contributed by atoms with Crippen molar-refractivity contribution in [3.8, 4) is 5.75 Å². The predicted octanol–water partition coefficient (Wildman–Crippen LogP) is 1.75. The fourth-order valence-corrected chi connectivity index (χ4v) is 4.40. The summed E-state index contributed by atoms with van der Waals surface area (Å²) in [4.78, 5) is 0.325. The molecule has 1 aromatic carbocycles. The minimum absolute atomic E-state index is 0.0144. The van der Waals surface area contributed by atoms with Crippen LogP contribution in [0.3, 0.4) is 0 Å². The Morgan fingerprint density at radius 2 is 2.14 bits per heavy atom. The van der Waals surface area contributed by atoms with Crippen molar-refractivity contribution in [2.45, 2.75) is 37.6 Å². The molecule has 1 aromatic rings. The summed E-state index contributed by atoms with van der Waals surface area (Å²) in [6, 6.07) is 5.00. The van der Waals surface area contributed by atoms with E-state index >= 15 is 0 Å². The van der Waals surface area contributed by atoms with E-state index in [-0.39, 0.29) is 12.0 Å². The van der Waals surface area contributed by atoms with E-state index in [4.69, 9.17) is 10.5 Å². The molecule has 2 unspecified atom stereocenters. The summed E-state index contributed by atoms with van der Waals surface area (Å²) in [5, 5.41) is 0. The molecule has 1 aliphatic heterocycles. The minimum Gasteiger partial charge on any atom is -0.496 e. The van der Waals surface area contributed by atoms with Crippen molar-refractivity contribution in [3.63, 3.8) is 0 Å². The summed E-state index contributed by atoms with van der Waals surface area (Å²) in [6.45, 7) is 4.86. The molecule has 0 radical (unpaired) electrons. The number of hydrogen-bond acceptors (Lipinski definition) is 4. The number of nitrogens with zero attached hydrogens (tertiary/aromatic N) is 1. The van der Waals surface area contributed by atoms with Gasteiger partial charge < -0.3 is 10.5 Å². The van der Waals surface area contributed by atoms with Crippen LogP contribution in [-0.2, 0) is 10.0 Å². The SMILES string of the molecule is COc1ccc(S(=O)(=O)N2CCCC(C(C)N)C2)cc1C. The van der Waals surface area contributed by atoms with E-state index in [2.05, 4.69) is 0 Å². The Labute approximate surface area is 127 Å². The van der Waals surface area contributed by atoms with E-state index in [1.165, 1.54) is 0 Å². The van der Waals surface area contributed by atoms with Gasteiger partial charge in [0.1, 0.15) is 5.75 Å². The van der Waals surface area contributed by atoms with Crippen LogP contribution in [0.15, 0.2) is 23.1 Å². The summed E-state index contributed by atoms with van der Waals surface area (Å²) < 4.78 is 32.2. The summed E-state index contributed by atoms with van der Waals surface area (Å²) in [5.41, 5.74) is 6.75. The van der Waals surface area contributed by atoms with Gasteiger partial charge in [-0.25, -0.2) is 8.42 Å². The van der Waals surface area contributed by atoms with Crippen LogP contribution in [0.4, 0.5) is 0 Å². The molecular weight excluding hydrogens is 288 g/mol. The number of methoxy groups -OCH3 is 1. The van der Waals surface area contributed by atoms with Crippen LogP contribution in [0.5, 0.6) is 5.75 Å². The molecular formula is C15H24N2O3S. The largest absolute Gasteiger partial charge is 0.496 e. The minimum atomic E-state index is -3.45. The Morgan fingerprint density at radius 3 is 2.71 bits per heavy atom. The van der Waals surface area contributed by atoms with Crippen LogP contribution in [0.1, 0.15) is 25.3 Å². The lowest BCUT2D eigenvalue weighted by molar-refractivity contribution is 0.243. The van der Waals surface area contributed by atoms with Gasteiger partial charge in [-0.2, -0.15) is 4.31 Å². The first-order chi connectivity index (χ1) is 9.86. The Balaban J connectivity index is 2.27. The molecule has 2 N–H and O–H groups in total. The smallest absolute Gasteiger partial charge is 0.243 e. The van der Waals surface area contributed by atoms with Gasteiger partial charge in [-0.05, 0) is 56.4 Å². The van der Waals surface area contributed by atoms with E-state index < -0.39 is 10.0 Å². The highest BCUT2D eigenvalue weighted by Gasteiger charge is 2.31. The van der Waals surface area contributed by atoms with Crippen molar-refractivity contribution in [2.75, 3.05) is 20.2 Å². The summed E-state index contributed by atoms with van der Waals surface area (Å²) in [7, 11) is -1.88. The van der Waals surface area contributed by atoms with Gasteiger partial charge in [0.2, 0.25) is 10.0 Å². The molecule has 0 saturated carbocycles. The molecule has 0 aromatic heterocycles. The lowest BCUT2D eigenvalue weighted by Gasteiger charge is -2.33. The van der Waals surface area contributed by atoms with Crippen molar-refractivity contribution < 1.29 is 13.2 Å². The van der Waals surface area contributed by atoms with Crippen LogP contribution in [0.25, 0.3) is 0 Å². The zero-order valence-corrected chi connectivity index (χ0v) is 13.7. The van der Waals surface area contributed by atoms with Crippen molar-refractivity contribution in [2.24, 2.45) is 11.7 Å². The quantitative estimate of drug-likeness (QED) is 0.919. The van der Waals surface area contributed by atoms with Crippen LogP contribution in [-0.4, -0.2) is 39.0 Å². The monoisotopic (exact) mass is 312 g/mol. The summed E-state index contributed by atoms with van der Waals surface area (Å²) in [5.74, 6) is 0.925. The Kier molecular flexibility index (Phi) is 4.91. The summed E-state index contributed by atoms with van der Waals surface area (Å²) >= 11 is 0. The third-order valence-electron chi connectivity index (χ3n) is 4.17. The number of ether oxygens (including phenoxy) is 1. The molecule has 21 heavy (non-hydrogen) atoms. The number of hydrogen-bond donors (Lipinski definition) is 1. The average molecular weight is 312 g/mol. The molecule has 0 aliphatic carbocycles. The number of piperidine rings is 1. The second-order valence-electron chi connectivity index (χ2n) is 5.76. The van der Waals surface area contributed by atoms with E-state index in [1.54, 1.807) is 29.6 Å². The van der Waals surface area contributed by atoms with Crippen molar-refractivity contribution in [3.05, 3.63) is 23.8 Å². The normalized spacial score (nSPS) is 22.0. The van der Waals surface area contributed by atoms with Crippen LogP contribution >= 0.6 is 0 Å². The lowest BCUT2D eigenvalue weighted by Crippen LogP contribution is -2.44. The highest BCUT2D eigenvalue weighted by molar-refractivity contribution is 7.89. The van der Waals surface area contributed by atoms with Crippen molar-refractivity contribution in [1.82, 2.24) is 4.31 Å². The van der Waals surface area contributed by atoms with Gasteiger partial charge >= 0.3 is 0 Å². The van der Waals surface area contributed by atoms with Gasteiger partial charge in [0.25, 0.3) is 0 Å². The molecule has 2 atom stereocenters. The molecule has 0 bridgehead atoms. The predicted molar refractivity (Wildman–Crippen MR) is 82.9 cm³/mol. The maximum atomic E-state index is 12.8. The van der Waals surface area contributed by atoms with Gasteiger partial charge in [-0.3, -0.25) is 0 Å². The van der Waals surface area contributed by atoms with Gasteiger partial charge in [-0.15, -0.1) is 0 Å². The molecule has 118 valence electrons. The zero-order valence-electron chi connectivity index (χ0n) is 12.9. The first-order valence-electron chi connectivity index (χ1n) is 7.26. The van der Waals surface area contributed by atoms with Gasteiger partial charge in [0.15, 0.2) is 0 Å². The maximum Gasteiger partial charge on any atom is 0.243 e. The molecule has 0 spiro atoms. The molecule has 5 nitrogen and oxygen atoms in total. The van der Waals surface area contributed by atoms with Crippen LogP contribution in [0, 0.1) is 12.8 Å². The number of aryl methyl sites for hydroxylation is 1. The highest BCUT2D eigenvalue weighted by atomic mass is 32.2. The highest BCUT2D eigenvalue weighted by Crippen LogP contribution is 2.27. The first kappa shape index (κ1) is 16.3. The first-order valence-corrected chi connectivity index (χ1v) is 8.70. The number of nitrogens with two attached hydrogens (primary N) is 1. The maximum absolute atomic E-state index is 12.8. The van der Waals surface area contributed by atoms with Crippen molar-refractivity contribution >= 4 is 10.0 Å². The zero-order chi connectivity index (χ0) is 15.6. The number of sulfonamides is 1. The van der Waals surface area contributed by atoms with Gasteiger partial charge in [-0.1, -0.05) is 0 Å². The van der Waals surface area contributed by atoms with E-state index in [0.717, 1.165) is 18.4 Å². The topological polar surface area (TPSA) is 72.6 Å². The number of rotatable bonds is 4. The van der Waals surface area contributed by atoms with Crippen molar-refractivity contribution in [1.29, 1.82) is 0 Å². The lowest BCUT2D eigenvalue weighted by atomic mass is 9.93. The van der Waals surface area contributed by atoms with Crippen LogP contribution in [0.2, 0.25) is 0 Å². The van der Waals surface area contributed by atoms with Crippen LogP contribution < -0.4 is 10.5 Å². The van der Waals surface area contributed by atoms with E-state index in [0.29, 0.717) is 23.7 Å². The van der Waals surface area contributed by atoms with E-state index in [9.17, 15) is 8.42 Å². The van der Waals surface area contributed by atoms with Gasteiger partial charge in [0, 0.05) is 19.1 Å². The fraction of sp³-hybridized carbons (Fsp3) is 0.600. The average Bonchev–Trinajstić information content (AvgIpc) is 2.47. The molecule has 2 rings (SSSR count). The summed E-state index contributed by atoms with van der Waals surface area (Å²) in [6.07, 6.45) is 1.85. The Hall–Kier alpha value is -1.11. The Bertz CT molecular complexity index is 599. The fourth-order valence-electron chi connectivity index (χ4n) is 2.78. The molecule has 1 heterocycles. The molecule has 1 fully saturated rings. The molecule has 1 aliphatic rings. The molecule has 1 saturated heterocycles. The second-order valence-corrected chi connectivity index (χ2v) is 7.69.